The van der Waals surface area contributed by atoms with Gasteiger partial charge in [-0.1, -0.05) is 12.1 Å². The fraction of sp³-hybridized carbons (Fsp3) is 0.692. The van der Waals surface area contributed by atoms with Crippen LogP contribution in [0.5, 0.6) is 0 Å². The van der Waals surface area contributed by atoms with Crippen molar-refractivity contribution in [3.8, 4) is 0 Å². The van der Waals surface area contributed by atoms with Crippen LogP contribution in [0, 0.1) is 12.8 Å². The highest BCUT2D eigenvalue weighted by Gasteiger charge is 2.29. The molecule has 0 spiro atoms. The molecule has 0 aliphatic carbocycles. The number of nitrogens with zero attached hydrogens (tertiary/aromatic N) is 1. The number of carbonyl (C=O) groups excluding carboxylic acids is 1. The topological polar surface area (TPSA) is 64.4 Å². The first kappa shape index (κ1) is 13.1. The minimum atomic E-state index is -0.0854. The molecule has 5 heteroatoms. The second-order valence-corrected chi connectivity index (χ2v) is 4.73. The molecule has 2 atom stereocenters. The van der Waals surface area contributed by atoms with Gasteiger partial charge in [0.1, 0.15) is 11.4 Å². The Balaban J connectivity index is 2.08. The van der Waals surface area contributed by atoms with Crippen molar-refractivity contribution in [1.82, 2.24) is 5.16 Å². The van der Waals surface area contributed by atoms with E-state index in [9.17, 15) is 4.79 Å². The third-order valence-electron chi connectivity index (χ3n) is 3.46. The van der Waals surface area contributed by atoms with Crippen molar-refractivity contribution in [2.45, 2.75) is 46.1 Å². The van der Waals surface area contributed by atoms with Crippen LogP contribution >= 0.6 is 0 Å². The van der Waals surface area contributed by atoms with Crippen LogP contribution in [0.3, 0.4) is 0 Å². The molecule has 2 rings (SSSR count). The summed E-state index contributed by atoms with van der Waals surface area (Å²) in [5.74, 6) is 0.575. The average Bonchev–Trinajstić information content (AvgIpc) is 2.71. The third-order valence-corrected chi connectivity index (χ3v) is 3.46. The van der Waals surface area contributed by atoms with Gasteiger partial charge in [0.15, 0.2) is 5.76 Å². The Hall–Kier alpha value is -1.36. The Morgan fingerprint density at radius 3 is 3.00 bits per heavy atom. The molecule has 2 heterocycles. The largest absolute Gasteiger partial charge is 0.378 e. The van der Waals surface area contributed by atoms with E-state index in [1.807, 2.05) is 20.8 Å². The molecule has 1 aromatic heterocycles. The van der Waals surface area contributed by atoms with Crippen LogP contribution in [-0.4, -0.2) is 23.8 Å². The summed E-state index contributed by atoms with van der Waals surface area (Å²) in [4.78, 5) is 12.2. The summed E-state index contributed by atoms with van der Waals surface area (Å²) in [6, 6.07) is 0. The van der Waals surface area contributed by atoms with E-state index in [0.717, 1.165) is 37.3 Å². The number of aryl methyl sites for hydroxylation is 2. The lowest BCUT2D eigenvalue weighted by Crippen LogP contribution is -2.36. The van der Waals surface area contributed by atoms with Crippen LogP contribution in [0.1, 0.15) is 38.1 Å². The maximum absolute atomic E-state index is 12.2. The van der Waals surface area contributed by atoms with Crippen molar-refractivity contribution in [3.05, 3.63) is 11.5 Å². The second-order valence-electron chi connectivity index (χ2n) is 4.73. The monoisotopic (exact) mass is 252 g/mol. The lowest BCUT2D eigenvalue weighted by molar-refractivity contribution is -0.127. The lowest BCUT2D eigenvalue weighted by Gasteiger charge is -2.27. The Kier molecular flexibility index (Phi) is 4.01. The van der Waals surface area contributed by atoms with Crippen LogP contribution in [0.4, 0.5) is 5.69 Å². The fourth-order valence-corrected chi connectivity index (χ4v) is 2.30. The standard InChI is InChI=1S/C13H20N2O3/c1-4-11-12(9(3)18-15-11)14-13(16)10-6-5-7-17-8(10)2/h8,10H,4-7H2,1-3H3,(H,14,16)/t8-,10+/m1/s1. The van der Waals surface area contributed by atoms with Crippen molar-refractivity contribution in [2.75, 3.05) is 11.9 Å². The molecule has 0 aromatic carbocycles. The normalized spacial score (nSPS) is 23.9. The molecule has 0 bridgehead atoms. The van der Waals surface area contributed by atoms with Gasteiger partial charge in [-0.3, -0.25) is 4.79 Å². The average molecular weight is 252 g/mol. The summed E-state index contributed by atoms with van der Waals surface area (Å²) in [6.07, 6.45) is 2.53. The van der Waals surface area contributed by atoms with E-state index >= 15 is 0 Å². The van der Waals surface area contributed by atoms with Gasteiger partial charge in [0.2, 0.25) is 5.91 Å². The van der Waals surface area contributed by atoms with Crippen molar-refractivity contribution in [2.24, 2.45) is 5.92 Å². The number of amides is 1. The molecule has 1 amide bonds. The van der Waals surface area contributed by atoms with Crippen molar-refractivity contribution in [1.29, 1.82) is 0 Å². The van der Waals surface area contributed by atoms with Gasteiger partial charge in [0.05, 0.1) is 12.0 Å². The number of rotatable bonds is 3. The maximum Gasteiger partial charge on any atom is 0.230 e. The van der Waals surface area contributed by atoms with Gasteiger partial charge in [-0.05, 0) is 33.1 Å². The van der Waals surface area contributed by atoms with Gasteiger partial charge in [0, 0.05) is 6.61 Å². The predicted molar refractivity (Wildman–Crippen MR) is 67.4 cm³/mol. The van der Waals surface area contributed by atoms with Gasteiger partial charge >= 0.3 is 0 Å². The molecular formula is C13H20N2O3. The molecule has 100 valence electrons. The first-order valence-corrected chi connectivity index (χ1v) is 6.51. The highest BCUT2D eigenvalue weighted by atomic mass is 16.5. The summed E-state index contributed by atoms with van der Waals surface area (Å²) in [6.45, 7) is 6.49. The zero-order valence-corrected chi connectivity index (χ0v) is 11.2. The fourth-order valence-electron chi connectivity index (χ4n) is 2.30. The van der Waals surface area contributed by atoms with E-state index in [-0.39, 0.29) is 17.9 Å². The molecule has 0 saturated carbocycles. The van der Waals surface area contributed by atoms with Crippen LogP contribution in [0.15, 0.2) is 4.52 Å². The number of anilines is 1. The van der Waals surface area contributed by atoms with Gasteiger partial charge < -0.3 is 14.6 Å². The van der Waals surface area contributed by atoms with Crippen molar-refractivity contribution >= 4 is 11.6 Å². The zero-order valence-electron chi connectivity index (χ0n) is 11.2. The van der Waals surface area contributed by atoms with Gasteiger partial charge in [-0.15, -0.1) is 0 Å². The highest BCUT2D eigenvalue weighted by molar-refractivity contribution is 5.93. The first-order valence-electron chi connectivity index (χ1n) is 6.51. The molecule has 1 saturated heterocycles. The van der Waals surface area contributed by atoms with Crippen LogP contribution in [0.2, 0.25) is 0 Å². The molecule has 0 unspecified atom stereocenters. The van der Waals surface area contributed by atoms with Crippen molar-refractivity contribution in [3.63, 3.8) is 0 Å². The van der Waals surface area contributed by atoms with E-state index < -0.39 is 0 Å². The Bertz CT molecular complexity index is 428. The molecule has 1 N–H and O–H groups in total. The molecule has 1 aliphatic rings. The minimum absolute atomic E-state index is 0.00296. The SMILES string of the molecule is CCc1noc(C)c1NC(=O)[C@H]1CCCO[C@@H]1C. The smallest absolute Gasteiger partial charge is 0.230 e. The first-order chi connectivity index (χ1) is 8.63. The Labute approximate surface area is 107 Å². The molecule has 1 aliphatic heterocycles. The van der Waals surface area contributed by atoms with Gasteiger partial charge in [-0.2, -0.15) is 0 Å². The number of nitrogens with one attached hydrogen (secondary N) is 1. The lowest BCUT2D eigenvalue weighted by atomic mass is 9.94. The molecular weight excluding hydrogens is 232 g/mol. The number of aromatic nitrogens is 1. The molecule has 5 nitrogen and oxygen atoms in total. The summed E-state index contributed by atoms with van der Waals surface area (Å²) in [5, 5.41) is 6.87. The molecule has 18 heavy (non-hydrogen) atoms. The van der Waals surface area contributed by atoms with Crippen LogP contribution in [-0.2, 0) is 16.0 Å². The summed E-state index contributed by atoms with van der Waals surface area (Å²) < 4.78 is 10.6. The minimum Gasteiger partial charge on any atom is -0.378 e. The number of hydrogen-bond donors (Lipinski definition) is 1. The Morgan fingerprint density at radius 2 is 2.33 bits per heavy atom. The number of carbonyl (C=O) groups is 1. The summed E-state index contributed by atoms with van der Waals surface area (Å²) >= 11 is 0. The highest BCUT2D eigenvalue weighted by Crippen LogP contribution is 2.25. The van der Waals surface area contributed by atoms with Gasteiger partial charge in [-0.25, -0.2) is 0 Å². The number of ether oxygens (including phenoxy) is 1. The maximum atomic E-state index is 12.2. The second kappa shape index (κ2) is 5.52. The summed E-state index contributed by atoms with van der Waals surface area (Å²) in [5.41, 5.74) is 1.52. The summed E-state index contributed by atoms with van der Waals surface area (Å²) in [7, 11) is 0. The van der Waals surface area contributed by atoms with E-state index in [1.54, 1.807) is 0 Å². The predicted octanol–water partition coefficient (Wildman–Crippen LogP) is 2.30. The zero-order chi connectivity index (χ0) is 13.1. The van der Waals surface area contributed by atoms with E-state index in [1.165, 1.54) is 0 Å². The quantitative estimate of drug-likeness (QED) is 0.896. The molecule has 1 fully saturated rings. The van der Waals surface area contributed by atoms with Crippen LogP contribution < -0.4 is 5.32 Å². The molecule has 0 radical (unpaired) electrons. The van der Waals surface area contributed by atoms with E-state index in [0.29, 0.717) is 5.76 Å². The van der Waals surface area contributed by atoms with Crippen molar-refractivity contribution < 1.29 is 14.1 Å². The van der Waals surface area contributed by atoms with Crippen LogP contribution in [0.25, 0.3) is 0 Å². The van der Waals surface area contributed by atoms with E-state index in [2.05, 4.69) is 10.5 Å². The third kappa shape index (κ3) is 2.56. The van der Waals surface area contributed by atoms with Gasteiger partial charge in [0.25, 0.3) is 0 Å². The van der Waals surface area contributed by atoms with E-state index in [4.69, 9.17) is 9.26 Å². The molecule has 1 aromatic rings. The number of hydrogen-bond acceptors (Lipinski definition) is 4. The Morgan fingerprint density at radius 1 is 1.56 bits per heavy atom.